The van der Waals surface area contributed by atoms with Crippen LogP contribution in [-0.2, 0) is 16.1 Å². The molecule has 1 amide bonds. The Labute approximate surface area is 107 Å². The highest BCUT2D eigenvalue weighted by molar-refractivity contribution is 9.10. The predicted octanol–water partition coefficient (Wildman–Crippen LogP) is 2.55. The molecule has 0 spiro atoms. The van der Waals surface area contributed by atoms with Gasteiger partial charge in [0.05, 0.1) is 18.9 Å². The fourth-order valence-corrected chi connectivity index (χ4v) is 2.19. The Balaban J connectivity index is 2.42. The normalized spacial score (nSPS) is 15.5. The lowest BCUT2D eigenvalue weighted by molar-refractivity contribution is -0.116. The van der Waals surface area contributed by atoms with Crippen LogP contribution >= 0.6 is 27.5 Å². The number of benzene rings is 1. The minimum Gasteiger partial charge on any atom is -0.375 e. The molecule has 0 atom stereocenters. The number of hydrogen-bond donors (Lipinski definition) is 0. The maximum atomic E-state index is 11.7. The van der Waals surface area contributed by atoms with E-state index in [2.05, 4.69) is 15.9 Å². The zero-order valence-electron chi connectivity index (χ0n) is 8.58. The van der Waals surface area contributed by atoms with Gasteiger partial charge in [0.2, 0.25) is 5.91 Å². The van der Waals surface area contributed by atoms with Gasteiger partial charge in [0, 0.05) is 16.6 Å². The topological polar surface area (TPSA) is 29.5 Å². The van der Waals surface area contributed by atoms with E-state index in [-0.39, 0.29) is 11.8 Å². The van der Waals surface area contributed by atoms with Crippen molar-refractivity contribution in [2.24, 2.45) is 0 Å². The number of hydrogen-bond acceptors (Lipinski definition) is 2. The standard InChI is InChI=1S/C11H11BrClNO2/c12-9-2-1-8-7-16-4-3-14(10(8)5-9)11(15)6-13/h1-2,5H,3-4,6-7H2. The number of alkyl halides is 1. The number of amides is 1. The van der Waals surface area contributed by atoms with Gasteiger partial charge < -0.3 is 9.64 Å². The third kappa shape index (κ3) is 2.39. The van der Waals surface area contributed by atoms with Gasteiger partial charge in [0.25, 0.3) is 0 Å². The Kier molecular flexibility index (Phi) is 3.84. The average Bonchev–Trinajstić information content (AvgIpc) is 2.50. The number of anilines is 1. The lowest BCUT2D eigenvalue weighted by Gasteiger charge is -2.21. The molecule has 1 aromatic rings. The van der Waals surface area contributed by atoms with Crippen LogP contribution in [0.15, 0.2) is 22.7 Å². The summed E-state index contributed by atoms with van der Waals surface area (Å²) in [4.78, 5) is 13.4. The summed E-state index contributed by atoms with van der Waals surface area (Å²) in [7, 11) is 0. The van der Waals surface area contributed by atoms with Crippen molar-refractivity contribution in [2.75, 3.05) is 23.9 Å². The van der Waals surface area contributed by atoms with Crippen LogP contribution in [-0.4, -0.2) is 24.9 Å². The molecule has 0 radical (unpaired) electrons. The van der Waals surface area contributed by atoms with Crippen molar-refractivity contribution in [3.8, 4) is 0 Å². The van der Waals surface area contributed by atoms with Crippen molar-refractivity contribution < 1.29 is 9.53 Å². The molecule has 1 aromatic carbocycles. The van der Waals surface area contributed by atoms with Crippen LogP contribution in [0, 0.1) is 0 Å². The van der Waals surface area contributed by atoms with E-state index in [1.165, 1.54) is 0 Å². The van der Waals surface area contributed by atoms with Crippen molar-refractivity contribution in [2.45, 2.75) is 6.61 Å². The van der Waals surface area contributed by atoms with Gasteiger partial charge in [-0.1, -0.05) is 22.0 Å². The number of rotatable bonds is 1. The molecule has 1 heterocycles. The largest absolute Gasteiger partial charge is 0.375 e. The third-order valence-electron chi connectivity index (χ3n) is 2.47. The van der Waals surface area contributed by atoms with E-state index in [9.17, 15) is 4.79 Å². The summed E-state index contributed by atoms with van der Waals surface area (Å²) >= 11 is 9.00. The highest BCUT2D eigenvalue weighted by atomic mass is 79.9. The molecule has 0 saturated heterocycles. The molecule has 16 heavy (non-hydrogen) atoms. The summed E-state index contributed by atoms with van der Waals surface area (Å²) in [6.45, 7) is 1.62. The van der Waals surface area contributed by atoms with Crippen molar-refractivity contribution in [3.05, 3.63) is 28.2 Å². The first-order valence-electron chi connectivity index (χ1n) is 4.95. The Morgan fingerprint density at radius 3 is 3.12 bits per heavy atom. The minimum absolute atomic E-state index is 0.00798. The summed E-state index contributed by atoms with van der Waals surface area (Å²) in [6, 6.07) is 5.82. The molecule has 2 rings (SSSR count). The molecule has 86 valence electrons. The first-order chi connectivity index (χ1) is 7.72. The average molecular weight is 305 g/mol. The Bertz CT molecular complexity index is 411. The summed E-state index contributed by atoms with van der Waals surface area (Å²) in [5.74, 6) is -0.0992. The van der Waals surface area contributed by atoms with Crippen molar-refractivity contribution in [3.63, 3.8) is 0 Å². The van der Waals surface area contributed by atoms with Gasteiger partial charge in [-0.05, 0) is 12.1 Å². The third-order valence-corrected chi connectivity index (χ3v) is 3.19. The van der Waals surface area contributed by atoms with Crippen LogP contribution in [0.25, 0.3) is 0 Å². The van der Waals surface area contributed by atoms with Crippen LogP contribution in [0.2, 0.25) is 0 Å². The minimum atomic E-state index is -0.0912. The van der Waals surface area contributed by atoms with Crippen LogP contribution in [0.5, 0.6) is 0 Å². The zero-order chi connectivity index (χ0) is 11.5. The number of fused-ring (bicyclic) bond motifs is 1. The summed E-state index contributed by atoms with van der Waals surface area (Å²) in [6.07, 6.45) is 0. The van der Waals surface area contributed by atoms with Crippen molar-refractivity contribution in [1.82, 2.24) is 0 Å². The molecule has 0 bridgehead atoms. The summed E-state index contributed by atoms with van der Waals surface area (Å²) in [5.41, 5.74) is 1.90. The summed E-state index contributed by atoms with van der Waals surface area (Å²) < 4.78 is 6.38. The second-order valence-electron chi connectivity index (χ2n) is 3.50. The SMILES string of the molecule is O=C(CCl)N1CCOCc2ccc(Br)cc21. The fourth-order valence-electron chi connectivity index (χ4n) is 1.70. The second-order valence-corrected chi connectivity index (χ2v) is 4.69. The molecular weight excluding hydrogens is 293 g/mol. The predicted molar refractivity (Wildman–Crippen MR) is 66.9 cm³/mol. The van der Waals surface area contributed by atoms with E-state index in [0.29, 0.717) is 19.8 Å². The van der Waals surface area contributed by atoms with Crippen LogP contribution in [0.4, 0.5) is 5.69 Å². The first-order valence-corrected chi connectivity index (χ1v) is 6.27. The highest BCUT2D eigenvalue weighted by Crippen LogP contribution is 2.27. The maximum absolute atomic E-state index is 11.7. The molecule has 0 fully saturated rings. The van der Waals surface area contributed by atoms with Gasteiger partial charge in [0.15, 0.2) is 0 Å². The lowest BCUT2D eigenvalue weighted by Crippen LogP contribution is -2.34. The van der Waals surface area contributed by atoms with Gasteiger partial charge in [-0.3, -0.25) is 4.79 Å². The van der Waals surface area contributed by atoms with Gasteiger partial charge in [-0.2, -0.15) is 0 Å². The van der Waals surface area contributed by atoms with Gasteiger partial charge >= 0.3 is 0 Å². The Morgan fingerprint density at radius 1 is 1.56 bits per heavy atom. The number of nitrogens with zero attached hydrogens (tertiary/aromatic N) is 1. The van der Waals surface area contributed by atoms with E-state index < -0.39 is 0 Å². The zero-order valence-corrected chi connectivity index (χ0v) is 10.9. The van der Waals surface area contributed by atoms with E-state index in [1.54, 1.807) is 4.90 Å². The van der Waals surface area contributed by atoms with Gasteiger partial charge in [0.1, 0.15) is 5.88 Å². The number of carbonyl (C=O) groups excluding carboxylic acids is 1. The number of halogens is 2. The lowest BCUT2D eigenvalue weighted by atomic mass is 10.1. The number of ether oxygens (including phenoxy) is 1. The smallest absolute Gasteiger partial charge is 0.241 e. The highest BCUT2D eigenvalue weighted by Gasteiger charge is 2.20. The molecule has 0 unspecified atom stereocenters. The summed E-state index contributed by atoms with van der Waals surface area (Å²) in [5, 5.41) is 0. The monoisotopic (exact) mass is 303 g/mol. The first kappa shape index (κ1) is 11.9. The molecule has 0 saturated carbocycles. The quantitative estimate of drug-likeness (QED) is 0.746. The van der Waals surface area contributed by atoms with E-state index in [4.69, 9.17) is 16.3 Å². The molecule has 3 nitrogen and oxygen atoms in total. The fraction of sp³-hybridized carbons (Fsp3) is 0.364. The molecule has 1 aliphatic rings. The molecule has 5 heteroatoms. The molecule has 0 aliphatic carbocycles. The van der Waals surface area contributed by atoms with Gasteiger partial charge in [-0.15, -0.1) is 11.6 Å². The van der Waals surface area contributed by atoms with Crippen LogP contribution in [0.1, 0.15) is 5.56 Å². The molecular formula is C11H11BrClNO2. The van der Waals surface area contributed by atoms with Crippen LogP contribution in [0.3, 0.4) is 0 Å². The van der Waals surface area contributed by atoms with Gasteiger partial charge in [-0.25, -0.2) is 0 Å². The Hall–Kier alpha value is -0.580. The molecule has 1 aliphatic heterocycles. The van der Waals surface area contributed by atoms with Crippen molar-refractivity contribution in [1.29, 1.82) is 0 Å². The van der Waals surface area contributed by atoms with E-state index >= 15 is 0 Å². The second kappa shape index (κ2) is 5.17. The van der Waals surface area contributed by atoms with Crippen molar-refractivity contribution >= 4 is 39.1 Å². The molecule has 0 N–H and O–H groups in total. The maximum Gasteiger partial charge on any atom is 0.241 e. The van der Waals surface area contributed by atoms with Crippen LogP contribution < -0.4 is 4.90 Å². The Morgan fingerprint density at radius 2 is 2.38 bits per heavy atom. The van der Waals surface area contributed by atoms with E-state index in [0.717, 1.165) is 15.7 Å². The van der Waals surface area contributed by atoms with E-state index in [1.807, 2.05) is 18.2 Å². The number of carbonyl (C=O) groups is 1. The molecule has 0 aromatic heterocycles.